The van der Waals surface area contributed by atoms with Gasteiger partial charge in [-0.05, 0) is 30.3 Å². The van der Waals surface area contributed by atoms with Gasteiger partial charge in [0.25, 0.3) is 0 Å². The second-order valence-corrected chi connectivity index (χ2v) is 7.53. The van der Waals surface area contributed by atoms with E-state index in [1.165, 1.54) is 7.11 Å². The molecule has 2 aromatic carbocycles. The third-order valence-corrected chi connectivity index (χ3v) is 5.73. The van der Waals surface area contributed by atoms with E-state index in [-0.39, 0.29) is 5.97 Å². The number of para-hydroxylation sites is 1. The molecule has 158 valence electrons. The fourth-order valence-corrected chi connectivity index (χ4v) is 4.15. The van der Waals surface area contributed by atoms with Crippen LogP contribution in [-0.4, -0.2) is 53.9 Å². The maximum Gasteiger partial charge on any atom is 0.340 e. The molecule has 1 saturated heterocycles. The van der Waals surface area contributed by atoms with Crippen LogP contribution < -0.4 is 4.90 Å². The number of carbonyl (C=O) groups excluding carboxylic acids is 1. The van der Waals surface area contributed by atoms with Crippen LogP contribution in [0, 0.1) is 0 Å². The van der Waals surface area contributed by atoms with Crippen molar-refractivity contribution in [2.45, 2.75) is 13.3 Å². The molecule has 1 aliphatic heterocycles. The Morgan fingerprint density at radius 2 is 1.90 bits per heavy atom. The molecule has 31 heavy (non-hydrogen) atoms. The first-order valence-corrected chi connectivity index (χ1v) is 10.5. The van der Waals surface area contributed by atoms with E-state index in [4.69, 9.17) is 19.4 Å². The lowest BCUT2D eigenvalue weighted by Gasteiger charge is -2.29. The predicted octanol–water partition coefficient (Wildman–Crippen LogP) is 3.76. The molecule has 0 amide bonds. The summed E-state index contributed by atoms with van der Waals surface area (Å²) in [6.07, 6.45) is 0.705. The number of esters is 1. The third-order valence-electron chi connectivity index (χ3n) is 5.73. The number of benzene rings is 2. The van der Waals surface area contributed by atoms with Gasteiger partial charge < -0.3 is 14.4 Å². The van der Waals surface area contributed by atoms with E-state index >= 15 is 0 Å². The molecule has 0 unspecified atom stereocenters. The van der Waals surface area contributed by atoms with E-state index in [9.17, 15) is 4.79 Å². The SMILES string of the molecule is CCc1nc2c(C(=O)OC)cc(N3CCOCC3)cc2n1-c1ccc2ccccc2n1. The molecule has 0 saturated carbocycles. The van der Waals surface area contributed by atoms with Crippen LogP contribution >= 0.6 is 0 Å². The number of nitrogens with zero attached hydrogens (tertiary/aromatic N) is 4. The number of morpholine rings is 1. The number of rotatable bonds is 4. The van der Waals surface area contributed by atoms with Gasteiger partial charge in [-0.2, -0.15) is 0 Å². The van der Waals surface area contributed by atoms with Crippen LogP contribution in [0.1, 0.15) is 23.1 Å². The first kappa shape index (κ1) is 19.5. The maximum atomic E-state index is 12.7. The van der Waals surface area contributed by atoms with E-state index in [1.807, 2.05) is 36.4 Å². The molecule has 4 aromatic rings. The van der Waals surface area contributed by atoms with Crippen molar-refractivity contribution in [1.82, 2.24) is 14.5 Å². The van der Waals surface area contributed by atoms with Crippen LogP contribution in [0.25, 0.3) is 27.8 Å². The topological polar surface area (TPSA) is 69.5 Å². The van der Waals surface area contributed by atoms with Crippen LogP contribution in [0.5, 0.6) is 0 Å². The summed E-state index contributed by atoms with van der Waals surface area (Å²) < 4.78 is 12.6. The van der Waals surface area contributed by atoms with Crippen molar-refractivity contribution in [2.75, 3.05) is 38.3 Å². The van der Waals surface area contributed by atoms with Gasteiger partial charge in [-0.3, -0.25) is 4.57 Å². The van der Waals surface area contributed by atoms with E-state index in [0.29, 0.717) is 30.7 Å². The largest absolute Gasteiger partial charge is 0.465 e. The number of carbonyl (C=O) groups is 1. The second kappa shape index (κ2) is 8.00. The number of ether oxygens (including phenoxy) is 2. The Bertz CT molecular complexity index is 1270. The monoisotopic (exact) mass is 416 g/mol. The molecule has 5 rings (SSSR count). The Morgan fingerprint density at radius 3 is 2.68 bits per heavy atom. The molecule has 7 heteroatoms. The lowest BCUT2D eigenvalue weighted by molar-refractivity contribution is 0.0603. The van der Waals surface area contributed by atoms with Gasteiger partial charge in [0.2, 0.25) is 0 Å². The summed E-state index contributed by atoms with van der Waals surface area (Å²) in [5.74, 6) is 1.24. The van der Waals surface area contributed by atoms with Crippen molar-refractivity contribution in [3.8, 4) is 5.82 Å². The normalized spacial score (nSPS) is 14.3. The fourth-order valence-electron chi connectivity index (χ4n) is 4.15. The van der Waals surface area contributed by atoms with Crippen molar-refractivity contribution in [3.63, 3.8) is 0 Å². The zero-order valence-corrected chi connectivity index (χ0v) is 17.7. The number of aryl methyl sites for hydroxylation is 1. The quantitative estimate of drug-likeness (QED) is 0.472. The van der Waals surface area contributed by atoms with Crippen molar-refractivity contribution in [3.05, 3.63) is 59.9 Å². The van der Waals surface area contributed by atoms with Crippen molar-refractivity contribution in [2.24, 2.45) is 0 Å². The average Bonchev–Trinajstić information content (AvgIpc) is 3.21. The van der Waals surface area contributed by atoms with Crippen molar-refractivity contribution >= 4 is 33.6 Å². The summed E-state index contributed by atoms with van der Waals surface area (Å²) in [4.78, 5) is 24.6. The zero-order chi connectivity index (χ0) is 21.4. The number of pyridine rings is 1. The summed E-state index contributed by atoms with van der Waals surface area (Å²) >= 11 is 0. The second-order valence-electron chi connectivity index (χ2n) is 7.53. The minimum absolute atomic E-state index is 0.390. The van der Waals surface area contributed by atoms with E-state index in [1.54, 1.807) is 0 Å². The van der Waals surface area contributed by atoms with Gasteiger partial charge in [-0.25, -0.2) is 14.8 Å². The lowest BCUT2D eigenvalue weighted by atomic mass is 10.1. The summed E-state index contributed by atoms with van der Waals surface area (Å²) in [5, 5.41) is 1.08. The van der Waals surface area contributed by atoms with Gasteiger partial charge in [0, 0.05) is 30.6 Å². The molecule has 1 fully saturated rings. The Kier molecular flexibility index (Phi) is 5.03. The highest BCUT2D eigenvalue weighted by molar-refractivity contribution is 6.04. The number of imidazole rings is 1. The molecule has 0 N–H and O–H groups in total. The van der Waals surface area contributed by atoms with Gasteiger partial charge in [0.05, 0.1) is 36.9 Å². The van der Waals surface area contributed by atoms with Gasteiger partial charge in [0.15, 0.2) is 0 Å². The van der Waals surface area contributed by atoms with Crippen LogP contribution in [0.4, 0.5) is 5.69 Å². The highest BCUT2D eigenvalue weighted by Gasteiger charge is 2.23. The third kappa shape index (κ3) is 3.41. The molecule has 0 atom stereocenters. The Hall–Kier alpha value is -3.45. The van der Waals surface area contributed by atoms with Crippen LogP contribution in [-0.2, 0) is 15.9 Å². The highest BCUT2D eigenvalue weighted by Crippen LogP contribution is 2.31. The molecule has 0 spiro atoms. The summed E-state index contributed by atoms with van der Waals surface area (Å²) in [5.41, 5.74) is 3.83. The average molecular weight is 416 g/mol. The van der Waals surface area contributed by atoms with Gasteiger partial charge in [0.1, 0.15) is 17.2 Å². The predicted molar refractivity (Wildman–Crippen MR) is 120 cm³/mol. The van der Waals surface area contributed by atoms with Crippen LogP contribution in [0.3, 0.4) is 0 Å². The number of aromatic nitrogens is 3. The molecule has 1 aliphatic rings. The Balaban J connectivity index is 1.77. The molecule has 0 radical (unpaired) electrons. The number of hydrogen-bond acceptors (Lipinski definition) is 6. The lowest BCUT2D eigenvalue weighted by Crippen LogP contribution is -2.36. The number of anilines is 1. The molecule has 3 heterocycles. The summed E-state index contributed by atoms with van der Waals surface area (Å²) in [6.45, 7) is 4.93. The Morgan fingerprint density at radius 1 is 1.10 bits per heavy atom. The molecular weight excluding hydrogens is 392 g/mol. The van der Waals surface area contributed by atoms with Gasteiger partial charge in [-0.1, -0.05) is 25.1 Å². The Labute approximate surface area is 180 Å². The van der Waals surface area contributed by atoms with E-state index in [0.717, 1.165) is 46.8 Å². The van der Waals surface area contributed by atoms with Gasteiger partial charge in [-0.15, -0.1) is 0 Å². The minimum atomic E-state index is -0.390. The van der Waals surface area contributed by atoms with E-state index < -0.39 is 0 Å². The molecule has 2 aromatic heterocycles. The molecule has 7 nitrogen and oxygen atoms in total. The van der Waals surface area contributed by atoms with E-state index in [2.05, 4.69) is 28.5 Å². The summed E-state index contributed by atoms with van der Waals surface area (Å²) in [6, 6.07) is 16.1. The van der Waals surface area contributed by atoms with Crippen molar-refractivity contribution < 1.29 is 14.3 Å². The van der Waals surface area contributed by atoms with Crippen molar-refractivity contribution in [1.29, 1.82) is 0 Å². The smallest absolute Gasteiger partial charge is 0.340 e. The first-order chi connectivity index (χ1) is 15.2. The zero-order valence-electron chi connectivity index (χ0n) is 17.7. The molecular formula is C24H24N4O3. The first-order valence-electron chi connectivity index (χ1n) is 10.5. The van der Waals surface area contributed by atoms with Gasteiger partial charge >= 0.3 is 5.97 Å². The maximum absolute atomic E-state index is 12.7. The highest BCUT2D eigenvalue weighted by atomic mass is 16.5. The number of methoxy groups -OCH3 is 1. The molecule has 0 bridgehead atoms. The molecule has 0 aliphatic carbocycles. The summed E-state index contributed by atoms with van der Waals surface area (Å²) in [7, 11) is 1.40. The number of hydrogen-bond donors (Lipinski definition) is 0. The van der Waals surface area contributed by atoms with Crippen LogP contribution in [0.2, 0.25) is 0 Å². The fraction of sp³-hybridized carbons (Fsp3) is 0.292. The standard InChI is InChI=1S/C24H24N4O3/c1-3-21-26-23-18(24(29)30-2)14-17(27-10-12-31-13-11-27)15-20(23)28(21)22-9-8-16-6-4-5-7-19(16)25-22/h4-9,14-15H,3,10-13H2,1-2H3. The minimum Gasteiger partial charge on any atom is -0.465 e. The number of fused-ring (bicyclic) bond motifs is 2. The van der Waals surface area contributed by atoms with Crippen LogP contribution in [0.15, 0.2) is 48.5 Å².